The zero-order valence-electron chi connectivity index (χ0n) is 10.3. The molecular weight excluding hydrogens is 218 g/mol. The van der Waals surface area contributed by atoms with Gasteiger partial charge >= 0.3 is 11.9 Å². The summed E-state index contributed by atoms with van der Waals surface area (Å²) in [6.07, 6.45) is 7.57. The van der Waals surface area contributed by atoms with Gasteiger partial charge in [0.25, 0.3) is 0 Å². The van der Waals surface area contributed by atoms with Crippen LogP contribution in [0.1, 0.15) is 39.0 Å². The van der Waals surface area contributed by atoms with Gasteiger partial charge in [-0.15, -0.1) is 0 Å². The number of hydrogen-bond donors (Lipinski definition) is 0. The van der Waals surface area contributed by atoms with Gasteiger partial charge in [-0.2, -0.15) is 0 Å². The third-order valence-electron chi connectivity index (χ3n) is 3.47. The molecule has 0 saturated carbocycles. The molecule has 4 nitrogen and oxygen atoms in total. The highest BCUT2D eigenvalue weighted by molar-refractivity contribution is 6.32. The number of ether oxygens (including phenoxy) is 1. The first-order valence-corrected chi connectivity index (χ1v) is 6.42. The van der Waals surface area contributed by atoms with E-state index in [1.165, 1.54) is 6.42 Å². The maximum absolute atomic E-state index is 12.0. The first-order valence-electron chi connectivity index (χ1n) is 6.42. The number of nitrogens with zero attached hydrogens (tertiary/aromatic N) is 1. The topological polar surface area (TPSA) is 46.6 Å². The standard InChI is InChI=1S/C13H19NO3/c1-2-17-13(16)12(15)14-9-5-7-10-6-3-4-8-11(10)14/h8,10H,2-7,9H2,1H3. The Morgan fingerprint density at radius 2 is 2.18 bits per heavy atom. The minimum absolute atomic E-state index is 0.251. The second-order valence-corrected chi connectivity index (χ2v) is 4.58. The fraction of sp³-hybridized carbons (Fsp3) is 0.692. The Balaban J connectivity index is 2.11. The molecule has 1 aliphatic carbocycles. The molecule has 1 fully saturated rings. The van der Waals surface area contributed by atoms with Crippen LogP contribution in [0.25, 0.3) is 0 Å². The summed E-state index contributed by atoms with van der Waals surface area (Å²) in [6, 6.07) is 0. The van der Waals surface area contributed by atoms with Crippen LogP contribution in [0.4, 0.5) is 0 Å². The Morgan fingerprint density at radius 1 is 1.41 bits per heavy atom. The van der Waals surface area contributed by atoms with Crippen LogP contribution in [0, 0.1) is 5.92 Å². The van der Waals surface area contributed by atoms with E-state index < -0.39 is 11.9 Å². The maximum Gasteiger partial charge on any atom is 0.397 e. The van der Waals surface area contributed by atoms with Crippen molar-refractivity contribution in [2.24, 2.45) is 5.92 Å². The number of allylic oxidation sites excluding steroid dienone is 2. The molecule has 1 heterocycles. The molecule has 0 spiro atoms. The number of fused-ring (bicyclic) bond motifs is 1. The Morgan fingerprint density at radius 3 is 2.94 bits per heavy atom. The van der Waals surface area contributed by atoms with Gasteiger partial charge in [0.2, 0.25) is 0 Å². The summed E-state index contributed by atoms with van der Waals surface area (Å²) in [6.45, 7) is 2.62. The van der Waals surface area contributed by atoms with Gasteiger partial charge in [-0.1, -0.05) is 6.08 Å². The number of carbonyl (C=O) groups is 2. The molecule has 1 amide bonds. The number of amides is 1. The van der Waals surface area contributed by atoms with Crippen molar-refractivity contribution in [2.75, 3.05) is 13.2 Å². The van der Waals surface area contributed by atoms with Crippen LogP contribution in [0.5, 0.6) is 0 Å². The summed E-state index contributed by atoms with van der Waals surface area (Å²) in [5.41, 5.74) is 1.06. The quantitative estimate of drug-likeness (QED) is 0.516. The number of esters is 1. The average Bonchev–Trinajstić information content (AvgIpc) is 2.37. The van der Waals surface area contributed by atoms with Crippen molar-refractivity contribution in [2.45, 2.75) is 39.0 Å². The van der Waals surface area contributed by atoms with Gasteiger partial charge in [-0.3, -0.25) is 4.79 Å². The van der Waals surface area contributed by atoms with Crippen LogP contribution in [0.15, 0.2) is 11.8 Å². The van der Waals surface area contributed by atoms with E-state index in [-0.39, 0.29) is 6.61 Å². The molecular formula is C13H19NO3. The van der Waals surface area contributed by atoms with Crippen molar-refractivity contribution in [1.29, 1.82) is 0 Å². The van der Waals surface area contributed by atoms with Crippen LogP contribution in [0.3, 0.4) is 0 Å². The van der Waals surface area contributed by atoms with E-state index in [2.05, 4.69) is 6.08 Å². The van der Waals surface area contributed by atoms with Crippen LogP contribution in [-0.4, -0.2) is 29.9 Å². The molecule has 1 saturated heterocycles. The van der Waals surface area contributed by atoms with Crippen LogP contribution in [0.2, 0.25) is 0 Å². The van der Waals surface area contributed by atoms with Crippen molar-refractivity contribution >= 4 is 11.9 Å². The fourth-order valence-electron chi connectivity index (χ4n) is 2.70. The van der Waals surface area contributed by atoms with Crippen molar-refractivity contribution in [3.8, 4) is 0 Å². The van der Waals surface area contributed by atoms with Gasteiger partial charge in [-0.05, 0) is 44.9 Å². The number of piperidine rings is 1. The third kappa shape index (κ3) is 2.51. The highest BCUT2D eigenvalue weighted by atomic mass is 16.5. The number of likely N-dealkylation sites (tertiary alicyclic amines) is 1. The lowest BCUT2D eigenvalue weighted by atomic mass is 9.85. The van der Waals surface area contributed by atoms with Gasteiger partial charge < -0.3 is 9.64 Å². The predicted molar refractivity (Wildman–Crippen MR) is 63.0 cm³/mol. The molecule has 94 valence electrons. The molecule has 0 bridgehead atoms. The second-order valence-electron chi connectivity index (χ2n) is 4.58. The summed E-state index contributed by atoms with van der Waals surface area (Å²) in [5.74, 6) is -0.750. The number of hydrogen-bond acceptors (Lipinski definition) is 3. The fourth-order valence-corrected chi connectivity index (χ4v) is 2.70. The smallest absolute Gasteiger partial charge is 0.397 e. The lowest BCUT2D eigenvalue weighted by Gasteiger charge is -2.37. The van der Waals surface area contributed by atoms with E-state index in [0.29, 0.717) is 12.5 Å². The highest BCUT2D eigenvalue weighted by Crippen LogP contribution is 2.34. The molecule has 4 heteroatoms. The molecule has 0 aromatic heterocycles. The third-order valence-corrected chi connectivity index (χ3v) is 3.47. The zero-order valence-corrected chi connectivity index (χ0v) is 10.3. The number of rotatable bonds is 1. The lowest BCUT2D eigenvalue weighted by Crippen LogP contribution is -2.43. The Bertz CT molecular complexity index is 349. The minimum atomic E-state index is -0.723. The summed E-state index contributed by atoms with van der Waals surface area (Å²) in [7, 11) is 0. The molecule has 1 unspecified atom stereocenters. The van der Waals surface area contributed by atoms with E-state index in [0.717, 1.165) is 31.4 Å². The molecule has 0 N–H and O–H groups in total. The second kappa shape index (κ2) is 5.34. The maximum atomic E-state index is 12.0. The SMILES string of the molecule is CCOC(=O)C(=O)N1CCCC2CCCC=C21. The molecule has 2 aliphatic rings. The van der Waals surface area contributed by atoms with Gasteiger partial charge in [0.15, 0.2) is 0 Å². The average molecular weight is 237 g/mol. The Kier molecular flexibility index (Phi) is 3.82. The van der Waals surface area contributed by atoms with Crippen LogP contribution >= 0.6 is 0 Å². The van der Waals surface area contributed by atoms with Crippen molar-refractivity contribution in [3.05, 3.63) is 11.8 Å². The molecule has 0 aromatic rings. The summed E-state index contributed by atoms with van der Waals surface area (Å²) >= 11 is 0. The summed E-state index contributed by atoms with van der Waals surface area (Å²) < 4.78 is 4.78. The molecule has 1 atom stereocenters. The van der Waals surface area contributed by atoms with E-state index in [9.17, 15) is 9.59 Å². The predicted octanol–water partition coefficient (Wildman–Crippen LogP) is 1.86. The normalized spacial score (nSPS) is 23.7. The highest BCUT2D eigenvalue weighted by Gasteiger charge is 2.33. The lowest BCUT2D eigenvalue weighted by molar-refractivity contribution is -0.159. The van der Waals surface area contributed by atoms with Gasteiger partial charge in [0, 0.05) is 12.2 Å². The monoisotopic (exact) mass is 237 g/mol. The molecule has 17 heavy (non-hydrogen) atoms. The van der Waals surface area contributed by atoms with Crippen LogP contribution in [-0.2, 0) is 14.3 Å². The van der Waals surface area contributed by atoms with Crippen molar-refractivity contribution < 1.29 is 14.3 Å². The van der Waals surface area contributed by atoms with Crippen LogP contribution < -0.4 is 0 Å². The van der Waals surface area contributed by atoms with Gasteiger partial charge in [-0.25, -0.2) is 4.79 Å². The summed E-state index contributed by atoms with van der Waals surface area (Å²) in [4.78, 5) is 25.1. The van der Waals surface area contributed by atoms with Gasteiger partial charge in [0.05, 0.1) is 6.61 Å². The van der Waals surface area contributed by atoms with E-state index in [1.54, 1.807) is 11.8 Å². The molecule has 1 aliphatic heterocycles. The molecule has 0 radical (unpaired) electrons. The number of carbonyl (C=O) groups excluding carboxylic acids is 2. The van der Waals surface area contributed by atoms with E-state index in [1.807, 2.05) is 0 Å². The molecule has 2 rings (SSSR count). The van der Waals surface area contributed by atoms with E-state index >= 15 is 0 Å². The minimum Gasteiger partial charge on any atom is -0.459 e. The Hall–Kier alpha value is -1.32. The zero-order chi connectivity index (χ0) is 12.3. The Labute approximate surface area is 102 Å². The van der Waals surface area contributed by atoms with Crippen molar-refractivity contribution in [1.82, 2.24) is 4.90 Å². The molecule has 0 aromatic carbocycles. The van der Waals surface area contributed by atoms with Crippen molar-refractivity contribution in [3.63, 3.8) is 0 Å². The summed E-state index contributed by atoms with van der Waals surface area (Å²) in [5, 5.41) is 0. The first-order chi connectivity index (χ1) is 8.24. The largest absolute Gasteiger partial charge is 0.459 e. The van der Waals surface area contributed by atoms with Gasteiger partial charge in [0.1, 0.15) is 0 Å². The first kappa shape index (κ1) is 12.1. The van der Waals surface area contributed by atoms with E-state index in [4.69, 9.17) is 4.74 Å².